The predicted octanol–water partition coefficient (Wildman–Crippen LogP) is 2.79. The Hall–Kier alpha value is -1.25. The van der Waals surface area contributed by atoms with Crippen LogP contribution in [0.15, 0.2) is 23.1 Å². The molecule has 1 aliphatic carbocycles. The second-order valence-electron chi connectivity index (χ2n) is 6.25. The van der Waals surface area contributed by atoms with Crippen LogP contribution < -0.4 is 14.8 Å². The molecule has 1 aromatic rings. The summed E-state index contributed by atoms with van der Waals surface area (Å²) >= 11 is 1.84. The van der Waals surface area contributed by atoms with Gasteiger partial charge >= 0.3 is 0 Å². The van der Waals surface area contributed by atoms with Crippen LogP contribution in [0.4, 0.5) is 0 Å². The van der Waals surface area contributed by atoms with Crippen molar-refractivity contribution in [3.63, 3.8) is 0 Å². The normalized spacial score (nSPS) is 15.6. The van der Waals surface area contributed by atoms with Crippen molar-refractivity contribution in [1.29, 1.82) is 0 Å². The molecule has 6 nitrogen and oxygen atoms in total. The summed E-state index contributed by atoms with van der Waals surface area (Å²) in [6.45, 7) is 2.64. The molecule has 1 aromatic carbocycles. The summed E-state index contributed by atoms with van der Waals surface area (Å²) in [5, 5.41) is 3.32. The summed E-state index contributed by atoms with van der Waals surface area (Å²) < 4.78 is 32.8. The van der Waals surface area contributed by atoms with Gasteiger partial charge in [-0.15, -0.1) is 0 Å². The molecule has 146 valence electrons. The Labute approximate surface area is 160 Å². The molecule has 1 aliphatic rings. The zero-order valence-electron chi connectivity index (χ0n) is 15.4. The van der Waals surface area contributed by atoms with Gasteiger partial charge in [-0.2, -0.15) is 11.8 Å². The minimum Gasteiger partial charge on any atom is -0.496 e. The summed E-state index contributed by atoms with van der Waals surface area (Å²) in [7, 11) is -2.21. The van der Waals surface area contributed by atoms with Crippen LogP contribution in [0.2, 0.25) is 0 Å². The first-order valence-corrected chi connectivity index (χ1v) is 11.6. The number of carbonyl (C=O) groups excluding carboxylic acids is 1. The molecular weight excluding hydrogens is 372 g/mol. The summed E-state index contributed by atoms with van der Waals surface area (Å²) in [6.07, 6.45) is 6.32. The van der Waals surface area contributed by atoms with E-state index < -0.39 is 10.0 Å². The van der Waals surface area contributed by atoms with E-state index in [0.717, 1.165) is 5.75 Å². The van der Waals surface area contributed by atoms with Crippen LogP contribution >= 0.6 is 11.8 Å². The molecule has 0 bridgehead atoms. The molecule has 0 atom stereocenters. The molecule has 2 N–H and O–H groups in total. The third-order valence-corrected chi connectivity index (χ3v) is 7.20. The number of nitrogens with one attached hydrogen (secondary N) is 2. The van der Waals surface area contributed by atoms with Crippen LogP contribution in [0, 0.1) is 0 Å². The third-order valence-electron chi connectivity index (χ3n) is 4.36. The van der Waals surface area contributed by atoms with Gasteiger partial charge in [-0.1, -0.05) is 19.3 Å². The molecule has 1 saturated carbocycles. The minimum atomic E-state index is -3.66. The standard InChI is InChI=1S/C18H28N2O4S2/c1-3-19-18(21)16-13-15(9-10-17(16)24-2)26(22,23)20-11-12-25-14-7-5-4-6-8-14/h9-10,13-14,20H,3-8,11-12H2,1-2H3,(H,19,21). The van der Waals surface area contributed by atoms with E-state index in [-0.39, 0.29) is 16.4 Å². The smallest absolute Gasteiger partial charge is 0.255 e. The molecule has 0 heterocycles. The van der Waals surface area contributed by atoms with Crippen molar-refractivity contribution in [1.82, 2.24) is 10.0 Å². The van der Waals surface area contributed by atoms with Gasteiger partial charge in [0.1, 0.15) is 5.75 Å². The Morgan fingerprint density at radius 3 is 2.65 bits per heavy atom. The Balaban J connectivity index is 1.98. The van der Waals surface area contributed by atoms with Gasteiger partial charge in [-0.3, -0.25) is 4.79 Å². The summed E-state index contributed by atoms with van der Waals surface area (Å²) in [4.78, 5) is 12.2. The second kappa shape index (κ2) is 10.2. The van der Waals surface area contributed by atoms with E-state index in [0.29, 0.717) is 24.1 Å². The van der Waals surface area contributed by atoms with Crippen LogP contribution in [-0.4, -0.2) is 45.5 Å². The number of thioether (sulfide) groups is 1. The van der Waals surface area contributed by atoms with Crippen molar-refractivity contribution in [3.05, 3.63) is 23.8 Å². The lowest BCUT2D eigenvalue weighted by atomic mass is 10.0. The van der Waals surface area contributed by atoms with Crippen molar-refractivity contribution in [3.8, 4) is 5.75 Å². The van der Waals surface area contributed by atoms with Gasteiger partial charge in [0, 0.05) is 24.1 Å². The van der Waals surface area contributed by atoms with Gasteiger partial charge < -0.3 is 10.1 Å². The largest absolute Gasteiger partial charge is 0.496 e. The van der Waals surface area contributed by atoms with Crippen molar-refractivity contribution in [2.45, 2.75) is 49.2 Å². The van der Waals surface area contributed by atoms with Gasteiger partial charge in [-0.25, -0.2) is 13.1 Å². The average Bonchev–Trinajstić information content (AvgIpc) is 2.65. The average molecular weight is 401 g/mol. The van der Waals surface area contributed by atoms with Gasteiger partial charge in [0.2, 0.25) is 10.0 Å². The highest BCUT2D eigenvalue weighted by atomic mass is 32.2. The monoisotopic (exact) mass is 400 g/mol. The van der Waals surface area contributed by atoms with E-state index >= 15 is 0 Å². The Morgan fingerprint density at radius 1 is 1.27 bits per heavy atom. The van der Waals surface area contributed by atoms with Gasteiger partial charge in [0.25, 0.3) is 5.91 Å². The quantitative estimate of drug-likeness (QED) is 0.623. The fourth-order valence-electron chi connectivity index (χ4n) is 3.00. The van der Waals surface area contributed by atoms with Crippen LogP contribution in [-0.2, 0) is 10.0 Å². The summed E-state index contributed by atoms with van der Waals surface area (Å²) in [5.74, 6) is 0.750. The van der Waals surface area contributed by atoms with Crippen LogP contribution in [0.5, 0.6) is 5.75 Å². The van der Waals surface area contributed by atoms with Gasteiger partial charge in [0.05, 0.1) is 17.6 Å². The Morgan fingerprint density at radius 2 is 2.00 bits per heavy atom. The van der Waals surface area contributed by atoms with Crippen LogP contribution in [0.25, 0.3) is 0 Å². The molecule has 0 saturated heterocycles. The van der Waals surface area contributed by atoms with Crippen molar-refractivity contribution in [2.75, 3.05) is 26.0 Å². The maximum atomic E-state index is 12.5. The lowest BCUT2D eigenvalue weighted by molar-refractivity contribution is 0.0952. The van der Waals surface area contributed by atoms with E-state index in [2.05, 4.69) is 10.0 Å². The molecule has 26 heavy (non-hydrogen) atoms. The van der Waals surface area contributed by atoms with Gasteiger partial charge in [-0.05, 0) is 38.0 Å². The molecule has 0 aliphatic heterocycles. The van der Waals surface area contributed by atoms with E-state index in [9.17, 15) is 13.2 Å². The zero-order chi connectivity index (χ0) is 19.0. The van der Waals surface area contributed by atoms with E-state index in [4.69, 9.17) is 4.74 Å². The number of methoxy groups -OCH3 is 1. The highest BCUT2D eigenvalue weighted by Gasteiger charge is 2.20. The first-order chi connectivity index (χ1) is 12.5. The topological polar surface area (TPSA) is 84.5 Å². The number of sulfonamides is 1. The third kappa shape index (κ3) is 5.89. The number of carbonyl (C=O) groups is 1. The number of hydrogen-bond acceptors (Lipinski definition) is 5. The Kier molecular flexibility index (Phi) is 8.24. The molecule has 0 spiro atoms. The molecule has 0 aromatic heterocycles. The van der Waals surface area contributed by atoms with Crippen molar-refractivity contribution in [2.24, 2.45) is 0 Å². The molecule has 0 radical (unpaired) electrons. The maximum absolute atomic E-state index is 12.5. The highest BCUT2D eigenvalue weighted by molar-refractivity contribution is 8.00. The molecule has 1 amide bonds. The zero-order valence-corrected chi connectivity index (χ0v) is 17.0. The molecule has 8 heteroatoms. The highest BCUT2D eigenvalue weighted by Crippen LogP contribution is 2.28. The first kappa shape index (κ1) is 21.1. The molecular formula is C18H28N2O4S2. The summed E-state index contributed by atoms with van der Waals surface area (Å²) in [5.41, 5.74) is 0.216. The predicted molar refractivity (Wildman–Crippen MR) is 106 cm³/mol. The molecule has 1 fully saturated rings. The van der Waals surface area contributed by atoms with Crippen LogP contribution in [0.3, 0.4) is 0 Å². The molecule has 2 rings (SSSR count). The van der Waals surface area contributed by atoms with Gasteiger partial charge in [0.15, 0.2) is 0 Å². The molecule has 0 unspecified atom stereocenters. The first-order valence-electron chi connectivity index (χ1n) is 9.05. The SMILES string of the molecule is CCNC(=O)c1cc(S(=O)(=O)NCCSC2CCCCC2)ccc1OC. The fraction of sp³-hybridized carbons (Fsp3) is 0.611. The van der Waals surface area contributed by atoms with E-state index in [1.54, 1.807) is 6.92 Å². The van der Waals surface area contributed by atoms with E-state index in [1.807, 2.05) is 11.8 Å². The second-order valence-corrected chi connectivity index (χ2v) is 9.43. The lowest BCUT2D eigenvalue weighted by Gasteiger charge is -2.20. The fourth-order valence-corrected chi connectivity index (χ4v) is 5.41. The summed E-state index contributed by atoms with van der Waals surface area (Å²) in [6, 6.07) is 4.33. The van der Waals surface area contributed by atoms with Crippen molar-refractivity contribution < 1.29 is 17.9 Å². The van der Waals surface area contributed by atoms with Crippen molar-refractivity contribution >= 4 is 27.7 Å². The number of hydrogen-bond donors (Lipinski definition) is 2. The Bertz CT molecular complexity index is 701. The minimum absolute atomic E-state index is 0.0715. The number of rotatable bonds is 9. The number of benzene rings is 1. The van der Waals surface area contributed by atoms with E-state index in [1.165, 1.54) is 57.4 Å². The number of amides is 1. The van der Waals surface area contributed by atoms with Crippen LogP contribution in [0.1, 0.15) is 49.4 Å². The lowest BCUT2D eigenvalue weighted by Crippen LogP contribution is -2.28. The maximum Gasteiger partial charge on any atom is 0.255 e. The number of ether oxygens (including phenoxy) is 1.